The highest BCUT2D eigenvalue weighted by atomic mass is 32.2. The van der Waals surface area contributed by atoms with Gasteiger partial charge in [0.25, 0.3) is 0 Å². The van der Waals surface area contributed by atoms with E-state index in [1.165, 1.54) is 13.0 Å². The topological polar surface area (TPSA) is 15.3 Å². The highest BCUT2D eigenvalue weighted by molar-refractivity contribution is 7.97. The van der Waals surface area contributed by atoms with Gasteiger partial charge in [-0.15, -0.1) is 0 Å². The van der Waals surface area contributed by atoms with E-state index in [-0.39, 0.29) is 0 Å². The summed E-state index contributed by atoms with van der Waals surface area (Å²) in [5.41, 5.74) is 0. The summed E-state index contributed by atoms with van der Waals surface area (Å²) in [6.45, 7) is 6.68. The first-order chi connectivity index (χ1) is 5.13. The lowest BCUT2D eigenvalue weighted by molar-refractivity contribution is 0.401. The Bertz CT molecular complexity index is 74.2. The SMILES string of the molecule is CC(C)SNCCCN(C)C. The van der Waals surface area contributed by atoms with E-state index in [4.69, 9.17) is 0 Å². The van der Waals surface area contributed by atoms with Crippen molar-refractivity contribution in [1.29, 1.82) is 0 Å². The maximum Gasteiger partial charge on any atom is 0.0136 e. The molecule has 0 amide bonds. The van der Waals surface area contributed by atoms with Crippen molar-refractivity contribution in [3.63, 3.8) is 0 Å². The second-order valence-corrected chi connectivity index (χ2v) is 4.68. The average molecular weight is 176 g/mol. The molecule has 68 valence electrons. The zero-order chi connectivity index (χ0) is 8.69. The van der Waals surface area contributed by atoms with Gasteiger partial charge in [-0.1, -0.05) is 25.8 Å². The average Bonchev–Trinajstić information content (AvgIpc) is 1.85. The summed E-state index contributed by atoms with van der Waals surface area (Å²) in [4.78, 5) is 2.21. The first-order valence-corrected chi connectivity index (χ1v) is 5.04. The van der Waals surface area contributed by atoms with Crippen molar-refractivity contribution >= 4 is 11.9 Å². The van der Waals surface area contributed by atoms with E-state index in [1.807, 2.05) is 11.9 Å². The van der Waals surface area contributed by atoms with Gasteiger partial charge >= 0.3 is 0 Å². The van der Waals surface area contributed by atoms with Gasteiger partial charge in [-0.25, -0.2) is 0 Å². The molecule has 0 radical (unpaired) electrons. The summed E-state index contributed by atoms with van der Waals surface area (Å²) in [5.74, 6) is 0. The molecule has 0 aromatic heterocycles. The lowest BCUT2D eigenvalue weighted by Gasteiger charge is -2.10. The Kier molecular flexibility index (Phi) is 7.12. The Hall–Kier alpha value is 0.270. The molecule has 0 unspecified atom stereocenters. The van der Waals surface area contributed by atoms with Crippen LogP contribution in [0, 0.1) is 0 Å². The Morgan fingerprint density at radius 2 is 2.00 bits per heavy atom. The standard InChI is InChI=1S/C8H20N2S/c1-8(2)11-9-6-5-7-10(3)4/h8-9H,5-7H2,1-4H3. The summed E-state index contributed by atoms with van der Waals surface area (Å²) in [5, 5.41) is 0.689. The summed E-state index contributed by atoms with van der Waals surface area (Å²) >= 11 is 1.81. The van der Waals surface area contributed by atoms with Crippen molar-refractivity contribution in [2.45, 2.75) is 25.5 Å². The second kappa shape index (κ2) is 6.95. The molecule has 11 heavy (non-hydrogen) atoms. The predicted molar refractivity (Wildman–Crippen MR) is 53.9 cm³/mol. The van der Waals surface area contributed by atoms with Crippen LogP contribution in [0.15, 0.2) is 0 Å². The third-order valence-electron chi connectivity index (χ3n) is 1.20. The molecule has 0 bridgehead atoms. The molecule has 0 spiro atoms. The van der Waals surface area contributed by atoms with Gasteiger partial charge in [-0.3, -0.25) is 4.72 Å². The fourth-order valence-corrected chi connectivity index (χ4v) is 1.29. The van der Waals surface area contributed by atoms with Gasteiger partial charge in [0, 0.05) is 11.8 Å². The van der Waals surface area contributed by atoms with E-state index in [0.717, 1.165) is 6.54 Å². The minimum Gasteiger partial charge on any atom is -0.309 e. The fraction of sp³-hybridized carbons (Fsp3) is 1.00. The molecule has 1 N–H and O–H groups in total. The summed E-state index contributed by atoms with van der Waals surface area (Å²) in [6.07, 6.45) is 1.23. The van der Waals surface area contributed by atoms with Gasteiger partial charge in [-0.05, 0) is 27.1 Å². The van der Waals surface area contributed by atoms with Gasteiger partial charge in [0.1, 0.15) is 0 Å². The fourth-order valence-electron chi connectivity index (χ4n) is 0.693. The largest absolute Gasteiger partial charge is 0.309 e. The number of rotatable bonds is 6. The smallest absolute Gasteiger partial charge is 0.0136 e. The minimum absolute atomic E-state index is 0.689. The highest BCUT2D eigenvalue weighted by Gasteiger charge is 1.93. The van der Waals surface area contributed by atoms with Gasteiger partial charge in [-0.2, -0.15) is 0 Å². The quantitative estimate of drug-likeness (QED) is 0.489. The van der Waals surface area contributed by atoms with E-state index in [2.05, 4.69) is 37.6 Å². The van der Waals surface area contributed by atoms with Gasteiger partial charge in [0.05, 0.1) is 0 Å². The first kappa shape index (κ1) is 11.3. The first-order valence-electron chi connectivity index (χ1n) is 4.16. The van der Waals surface area contributed by atoms with Crippen LogP contribution in [-0.2, 0) is 0 Å². The molecule has 0 rings (SSSR count). The second-order valence-electron chi connectivity index (χ2n) is 3.22. The molecular weight excluding hydrogens is 156 g/mol. The van der Waals surface area contributed by atoms with E-state index >= 15 is 0 Å². The van der Waals surface area contributed by atoms with E-state index in [1.54, 1.807) is 0 Å². The molecule has 0 aromatic carbocycles. The third kappa shape index (κ3) is 10.3. The Balaban J connectivity index is 2.91. The number of hydrogen-bond donors (Lipinski definition) is 1. The van der Waals surface area contributed by atoms with Gasteiger partial charge in [0.15, 0.2) is 0 Å². The van der Waals surface area contributed by atoms with E-state index in [0.29, 0.717) is 5.25 Å². The monoisotopic (exact) mass is 176 g/mol. The Labute approximate surface area is 74.9 Å². The molecule has 3 heteroatoms. The third-order valence-corrected chi connectivity index (χ3v) is 2.05. The summed E-state index contributed by atoms with van der Waals surface area (Å²) in [7, 11) is 4.21. The lowest BCUT2D eigenvalue weighted by Crippen LogP contribution is -2.18. The Morgan fingerprint density at radius 1 is 1.36 bits per heavy atom. The number of nitrogens with one attached hydrogen (secondary N) is 1. The van der Waals surface area contributed by atoms with Crippen LogP contribution < -0.4 is 4.72 Å². The maximum absolute atomic E-state index is 3.33. The molecule has 0 saturated heterocycles. The van der Waals surface area contributed by atoms with Crippen molar-refractivity contribution in [2.75, 3.05) is 27.2 Å². The van der Waals surface area contributed by atoms with Crippen LogP contribution in [0.2, 0.25) is 0 Å². The van der Waals surface area contributed by atoms with Crippen LogP contribution in [0.25, 0.3) is 0 Å². The molecule has 0 aliphatic heterocycles. The van der Waals surface area contributed by atoms with Crippen molar-refractivity contribution in [3.05, 3.63) is 0 Å². The van der Waals surface area contributed by atoms with Gasteiger partial charge < -0.3 is 4.90 Å². The van der Waals surface area contributed by atoms with Crippen molar-refractivity contribution < 1.29 is 0 Å². The summed E-state index contributed by atoms with van der Waals surface area (Å²) < 4.78 is 3.33. The number of nitrogens with zero attached hydrogens (tertiary/aromatic N) is 1. The van der Waals surface area contributed by atoms with E-state index < -0.39 is 0 Å². The number of hydrogen-bond acceptors (Lipinski definition) is 3. The zero-order valence-corrected chi connectivity index (χ0v) is 8.87. The van der Waals surface area contributed by atoms with Crippen LogP contribution in [0.3, 0.4) is 0 Å². The van der Waals surface area contributed by atoms with Crippen LogP contribution >= 0.6 is 11.9 Å². The normalized spacial score (nSPS) is 11.5. The molecule has 0 heterocycles. The molecule has 0 fully saturated rings. The van der Waals surface area contributed by atoms with Crippen molar-refractivity contribution in [1.82, 2.24) is 9.62 Å². The van der Waals surface area contributed by atoms with Crippen LogP contribution in [-0.4, -0.2) is 37.3 Å². The van der Waals surface area contributed by atoms with Crippen LogP contribution in [0.4, 0.5) is 0 Å². The highest BCUT2D eigenvalue weighted by Crippen LogP contribution is 2.02. The van der Waals surface area contributed by atoms with Crippen molar-refractivity contribution in [2.24, 2.45) is 0 Å². The Morgan fingerprint density at radius 3 is 2.45 bits per heavy atom. The van der Waals surface area contributed by atoms with Crippen LogP contribution in [0.1, 0.15) is 20.3 Å². The van der Waals surface area contributed by atoms with Gasteiger partial charge in [0.2, 0.25) is 0 Å². The molecular formula is C8H20N2S. The summed E-state index contributed by atoms with van der Waals surface area (Å²) in [6, 6.07) is 0. The zero-order valence-electron chi connectivity index (χ0n) is 8.05. The maximum atomic E-state index is 3.33. The lowest BCUT2D eigenvalue weighted by atomic mass is 10.4. The predicted octanol–water partition coefficient (Wildman–Crippen LogP) is 1.58. The molecule has 0 saturated carbocycles. The molecule has 2 nitrogen and oxygen atoms in total. The molecule has 0 aliphatic carbocycles. The molecule has 0 aromatic rings. The molecule has 0 aliphatic rings. The van der Waals surface area contributed by atoms with Crippen molar-refractivity contribution in [3.8, 4) is 0 Å². The van der Waals surface area contributed by atoms with Crippen LogP contribution in [0.5, 0.6) is 0 Å². The molecule has 0 atom stereocenters. The minimum atomic E-state index is 0.689. The van der Waals surface area contributed by atoms with E-state index in [9.17, 15) is 0 Å².